The van der Waals surface area contributed by atoms with Crippen LogP contribution in [-0.4, -0.2) is 44.2 Å². The molecule has 0 aromatic heterocycles. The molecule has 1 saturated heterocycles. The quantitative estimate of drug-likeness (QED) is 0.640. The zero-order valence-electron chi connectivity index (χ0n) is 8.38. The van der Waals surface area contributed by atoms with Gasteiger partial charge in [-0.1, -0.05) is 0 Å². The van der Waals surface area contributed by atoms with Gasteiger partial charge in [0.25, 0.3) is 0 Å². The number of aliphatic hydroxyl groups is 1. The van der Waals surface area contributed by atoms with Crippen molar-refractivity contribution in [2.24, 2.45) is 11.1 Å². The van der Waals surface area contributed by atoms with Crippen molar-refractivity contribution >= 4 is 0 Å². The number of hydrogen-bond acceptors (Lipinski definition) is 4. The lowest BCUT2D eigenvalue weighted by Crippen LogP contribution is -2.54. The minimum absolute atomic E-state index is 0.299. The van der Waals surface area contributed by atoms with Gasteiger partial charge in [0.1, 0.15) is 0 Å². The lowest BCUT2D eigenvalue weighted by atomic mass is 9.72. The minimum Gasteiger partial charge on any atom is -0.387 e. The smallest absolute Gasteiger partial charge is 0.0942 e. The fraction of sp³-hybridized carbons (Fsp3) is 1.00. The first-order chi connectivity index (χ1) is 6.08. The van der Waals surface area contributed by atoms with Crippen LogP contribution in [0.15, 0.2) is 0 Å². The van der Waals surface area contributed by atoms with Crippen molar-refractivity contribution in [1.29, 1.82) is 0 Å². The van der Waals surface area contributed by atoms with Gasteiger partial charge in [0, 0.05) is 25.7 Å². The molecule has 4 heteroatoms. The number of nitrogens with two attached hydrogens (primary N) is 1. The second-order valence-electron chi connectivity index (χ2n) is 3.99. The van der Waals surface area contributed by atoms with Crippen molar-refractivity contribution in [3.8, 4) is 0 Å². The molecule has 13 heavy (non-hydrogen) atoms. The first kappa shape index (κ1) is 10.9. The fourth-order valence-electron chi connectivity index (χ4n) is 1.85. The highest BCUT2D eigenvalue weighted by atomic mass is 16.5. The Morgan fingerprint density at radius 1 is 1.69 bits per heavy atom. The average Bonchev–Trinajstić information content (AvgIpc) is 2.53. The highest BCUT2D eigenvalue weighted by molar-refractivity contribution is 4.99. The van der Waals surface area contributed by atoms with Gasteiger partial charge in [0.2, 0.25) is 0 Å². The van der Waals surface area contributed by atoms with E-state index in [-0.39, 0.29) is 5.41 Å². The van der Waals surface area contributed by atoms with Crippen molar-refractivity contribution in [1.82, 2.24) is 0 Å². The number of hydrogen-bond donors (Lipinski definition) is 2. The van der Waals surface area contributed by atoms with E-state index in [0.29, 0.717) is 26.4 Å². The van der Waals surface area contributed by atoms with Crippen molar-refractivity contribution < 1.29 is 14.6 Å². The van der Waals surface area contributed by atoms with Crippen LogP contribution in [0.5, 0.6) is 0 Å². The number of rotatable bonds is 4. The Bertz CT molecular complexity index is 164. The zero-order valence-corrected chi connectivity index (χ0v) is 8.38. The molecule has 1 heterocycles. The summed E-state index contributed by atoms with van der Waals surface area (Å²) in [6.07, 6.45) is 0.805. The molecule has 2 atom stereocenters. The summed E-state index contributed by atoms with van der Waals surface area (Å²) in [5.41, 5.74) is 4.46. The van der Waals surface area contributed by atoms with E-state index in [0.717, 1.165) is 6.42 Å². The van der Waals surface area contributed by atoms with E-state index >= 15 is 0 Å². The van der Waals surface area contributed by atoms with Crippen LogP contribution in [0, 0.1) is 5.41 Å². The van der Waals surface area contributed by atoms with Crippen molar-refractivity contribution in [2.75, 3.05) is 33.5 Å². The molecule has 78 valence electrons. The third kappa shape index (κ3) is 1.86. The molecule has 0 radical (unpaired) electrons. The van der Waals surface area contributed by atoms with E-state index in [9.17, 15) is 5.11 Å². The SMILES string of the molecule is COCC(C)(O)C1(CN)CCOC1. The van der Waals surface area contributed by atoms with Crippen molar-refractivity contribution in [2.45, 2.75) is 18.9 Å². The number of ether oxygens (including phenoxy) is 2. The van der Waals surface area contributed by atoms with Gasteiger partial charge in [-0.25, -0.2) is 0 Å². The first-order valence-electron chi connectivity index (χ1n) is 4.57. The van der Waals surface area contributed by atoms with E-state index in [1.54, 1.807) is 14.0 Å². The van der Waals surface area contributed by atoms with Crippen LogP contribution in [0.25, 0.3) is 0 Å². The lowest BCUT2D eigenvalue weighted by molar-refractivity contribution is -0.110. The first-order valence-corrected chi connectivity index (χ1v) is 4.57. The molecule has 0 aromatic rings. The summed E-state index contributed by atoms with van der Waals surface area (Å²) in [6.45, 7) is 3.70. The third-order valence-electron chi connectivity index (χ3n) is 3.06. The summed E-state index contributed by atoms with van der Waals surface area (Å²) in [5, 5.41) is 10.2. The van der Waals surface area contributed by atoms with Crippen molar-refractivity contribution in [3.05, 3.63) is 0 Å². The Morgan fingerprint density at radius 2 is 2.38 bits per heavy atom. The van der Waals surface area contributed by atoms with Gasteiger partial charge in [0.15, 0.2) is 0 Å². The molecule has 0 saturated carbocycles. The van der Waals surface area contributed by atoms with Gasteiger partial charge in [-0.05, 0) is 13.3 Å². The summed E-state index contributed by atoms with van der Waals surface area (Å²) in [4.78, 5) is 0. The van der Waals surface area contributed by atoms with Gasteiger partial charge in [-0.15, -0.1) is 0 Å². The molecule has 4 nitrogen and oxygen atoms in total. The Morgan fingerprint density at radius 3 is 2.77 bits per heavy atom. The average molecular weight is 189 g/mol. The highest BCUT2D eigenvalue weighted by Gasteiger charge is 2.48. The second-order valence-corrected chi connectivity index (χ2v) is 3.99. The molecule has 1 rings (SSSR count). The van der Waals surface area contributed by atoms with Crippen LogP contribution in [0.3, 0.4) is 0 Å². The molecule has 1 aliphatic heterocycles. The van der Waals surface area contributed by atoms with Crippen LogP contribution < -0.4 is 5.73 Å². The third-order valence-corrected chi connectivity index (χ3v) is 3.06. The summed E-state index contributed by atoms with van der Waals surface area (Å²) in [6, 6.07) is 0. The minimum atomic E-state index is -0.896. The van der Waals surface area contributed by atoms with Crippen LogP contribution >= 0.6 is 0 Å². The van der Waals surface area contributed by atoms with Crippen LogP contribution in [-0.2, 0) is 9.47 Å². The van der Waals surface area contributed by atoms with Gasteiger partial charge < -0.3 is 20.3 Å². The standard InChI is InChI=1S/C9H19NO3/c1-8(11,6-12-2)9(5-10)3-4-13-7-9/h11H,3-7,10H2,1-2H3. The zero-order chi connectivity index (χ0) is 9.95. The Balaban J connectivity index is 2.73. The molecule has 2 unspecified atom stereocenters. The predicted octanol–water partition coefficient (Wildman–Crippen LogP) is -0.251. The van der Waals surface area contributed by atoms with Gasteiger partial charge in [0.05, 0.1) is 18.8 Å². The summed E-state index contributed by atoms with van der Waals surface area (Å²) < 4.78 is 10.3. The maximum absolute atomic E-state index is 10.2. The van der Waals surface area contributed by atoms with Crippen LogP contribution in [0.4, 0.5) is 0 Å². The van der Waals surface area contributed by atoms with Crippen molar-refractivity contribution in [3.63, 3.8) is 0 Å². The van der Waals surface area contributed by atoms with Crippen LogP contribution in [0.1, 0.15) is 13.3 Å². The lowest BCUT2D eigenvalue weighted by Gasteiger charge is -2.40. The van der Waals surface area contributed by atoms with Crippen LogP contribution in [0.2, 0.25) is 0 Å². The fourth-order valence-corrected chi connectivity index (χ4v) is 1.85. The maximum atomic E-state index is 10.2. The second kappa shape index (κ2) is 3.92. The maximum Gasteiger partial charge on any atom is 0.0942 e. The van der Waals surface area contributed by atoms with E-state index in [2.05, 4.69) is 0 Å². The summed E-state index contributed by atoms with van der Waals surface area (Å²) >= 11 is 0. The summed E-state index contributed by atoms with van der Waals surface area (Å²) in [7, 11) is 1.58. The molecule has 0 aromatic carbocycles. The molecule has 0 spiro atoms. The molecule has 0 bridgehead atoms. The Kier molecular flexibility index (Phi) is 3.29. The normalized spacial score (nSPS) is 33.2. The molecule has 1 fully saturated rings. The van der Waals surface area contributed by atoms with Gasteiger partial charge in [-0.3, -0.25) is 0 Å². The number of methoxy groups -OCH3 is 1. The van der Waals surface area contributed by atoms with E-state index < -0.39 is 5.60 Å². The highest BCUT2D eigenvalue weighted by Crippen LogP contribution is 2.38. The van der Waals surface area contributed by atoms with E-state index in [1.807, 2.05) is 0 Å². The predicted molar refractivity (Wildman–Crippen MR) is 49.4 cm³/mol. The topological polar surface area (TPSA) is 64.7 Å². The van der Waals surface area contributed by atoms with E-state index in [4.69, 9.17) is 15.2 Å². The molecule has 0 amide bonds. The summed E-state index contributed by atoms with van der Waals surface area (Å²) in [5.74, 6) is 0. The molecule has 0 aliphatic carbocycles. The Labute approximate surface area is 79.0 Å². The largest absolute Gasteiger partial charge is 0.387 e. The molecule has 1 aliphatic rings. The molecular formula is C9H19NO3. The van der Waals surface area contributed by atoms with Gasteiger partial charge >= 0.3 is 0 Å². The monoisotopic (exact) mass is 189 g/mol. The molecule has 3 N–H and O–H groups in total. The van der Waals surface area contributed by atoms with Gasteiger partial charge in [-0.2, -0.15) is 0 Å². The Hall–Kier alpha value is -0.160. The van der Waals surface area contributed by atoms with E-state index in [1.165, 1.54) is 0 Å². The molecular weight excluding hydrogens is 170 g/mol.